The van der Waals surface area contributed by atoms with Crippen molar-refractivity contribution in [1.29, 1.82) is 0 Å². The maximum absolute atomic E-state index is 10.8. The molecule has 0 aliphatic carbocycles. The van der Waals surface area contributed by atoms with E-state index >= 15 is 0 Å². The summed E-state index contributed by atoms with van der Waals surface area (Å²) in [7, 11) is 3.96. The first kappa shape index (κ1) is 19.0. The van der Waals surface area contributed by atoms with Crippen molar-refractivity contribution in [2.75, 3.05) is 33.0 Å². The van der Waals surface area contributed by atoms with E-state index < -0.39 is 12.2 Å². The largest absolute Gasteiger partial charge is 0.492 e. The van der Waals surface area contributed by atoms with Crippen molar-refractivity contribution >= 4 is 16.9 Å². The van der Waals surface area contributed by atoms with Gasteiger partial charge in [0.1, 0.15) is 18.5 Å². The summed E-state index contributed by atoms with van der Waals surface area (Å²) in [5.41, 5.74) is 0.639. The second-order valence-corrected chi connectivity index (χ2v) is 6.63. The molecule has 5 nitrogen and oxygen atoms in total. The van der Waals surface area contributed by atoms with E-state index in [1.165, 1.54) is 6.92 Å². The van der Waals surface area contributed by atoms with Gasteiger partial charge in [0.15, 0.2) is 5.12 Å². The van der Waals surface area contributed by atoms with Crippen LogP contribution in [0.1, 0.15) is 25.0 Å². The number of aliphatic hydroxyl groups is 2. The van der Waals surface area contributed by atoms with Gasteiger partial charge in [-0.1, -0.05) is 23.9 Å². The van der Waals surface area contributed by atoms with Gasteiger partial charge < -0.3 is 19.8 Å². The molecule has 2 N–H and O–H groups in total. The van der Waals surface area contributed by atoms with Crippen LogP contribution < -0.4 is 4.74 Å². The Morgan fingerprint density at radius 1 is 1.27 bits per heavy atom. The molecular weight excluding hydrogens is 302 g/mol. The molecule has 0 heterocycles. The molecule has 1 rings (SSSR count). The Bertz CT molecular complexity index is 450. The first-order chi connectivity index (χ1) is 10.4. The van der Waals surface area contributed by atoms with E-state index in [0.717, 1.165) is 24.1 Å². The quantitative estimate of drug-likeness (QED) is 0.719. The number of hydrogen-bond acceptors (Lipinski definition) is 6. The summed E-state index contributed by atoms with van der Waals surface area (Å²) < 4.78 is 5.58. The molecule has 0 aliphatic heterocycles. The van der Waals surface area contributed by atoms with Crippen molar-refractivity contribution in [3.05, 3.63) is 29.8 Å². The molecule has 0 aliphatic rings. The van der Waals surface area contributed by atoms with Crippen molar-refractivity contribution in [2.45, 2.75) is 25.6 Å². The second kappa shape index (κ2) is 9.84. The van der Waals surface area contributed by atoms with Gasteiger partial charge in [0, 0.05) is 19.2 Å². The van der Waals surface area contributed by atoms with Crippen LogP contribution in [0.15, 0.2) is 24.3 Å². The summed E-state index contributed by atoms with van der Waals surface area (Å²) in [5, 5.41) is 20.1. The zero-order valence-corrected chi connectivity index (χ0v) is 14.2. The predicted molar refractivity (Wildman–Crippen MR) is 89.2 cm³/mol. The lowest BCUT2D eigenvalue weighted by molar-refractivity contribution is -0.109. The van der Waals surface area contributed by atoms with Crippen LogP contribution in [0, 0.1) is 0 Å². The summed E-state index contributed by atoms with van der Waals surface area (Å²) in [6.45, 7) is 2.92. The average molecular weight is 327 g/mol. The van der Waals surface area contributed by atoms with Gasteiger partial charge in [-0.3, -0.25) is 4.79 Å². The van der Waals surface area contributed by atoms with Gasteiger partial charge in [0.05, 0.1) is 6.10 Å². The fourth-order valence-electron chi connectivity index (χ4n) is 1.81. The Morgan fingerprint density at radius 3 is 2.45 bits per heavy atom. The molecule has 2 atom stereocenters. The van der Waals surface area contributed by atoms with Crippen molar-refractivity contribution in [1.82, 2.24) is 4.90 Å². The van der Waals surface area contributed by atoms with Crippen molar-refractivity contribution in [2.24, 2.45) is 0 Å². The smallest absolute Gasteiger partial charge is 0.185 e. The summed E-state index contributed by atoms with van der Waals surface area (Å²) in [6, 6.07) is 7.06. The van der Waals surface area contributed by atoms with E-state index in [1.807, 2.05) is 19.0 Å². The fraction of sp³-hybridized carbons (Fsp3) is 0.562. The Balaban J connectivity index is 2.45. The Labute approximate surface area is 136 Å². The maximum Gasteiger partial charge on any atom is 0.185 e. The number of hydrogen-bond donors (Lipinski definition) is 2. The molecule has 0 saturated carbocycles. The molecule has 1 aromatic carbocycles. The van der Waals surface area contributed by atoms with E-state index in [4.69, 9.17) is 4.74 Å². The van der Waals surface area contributed by atoms with Crippen LogP contribution in [0.5, 0.6) is 5.75 Å². The second-order valence-electron chi connectivity index (χ2n) is 5.36. The molecule has 2 unspecified atom stereocenters. The lowest BCUT2D eigenvalue weighted by Crippen LogP contribution is -2.20. The van der Waals surface area contributed by atoms with Crippen molar-refractivity contribution in [3.8, 4) is 5.75 Å². The third kappa shape index (κ3) is 7.26. The Morgan fingerprint density at radius 2 is 1.91 bits per heavy atom. The van der Waals surface area contributed by atoms with Crippen molar-refractivity contribution in [3.63, 3.8) is 0 Å². The molecule has 1 aromatic rings. The van der Waals surface area contributed by atoms with Crippen molar-refractivity contribution < 1.29 is 19.7 Å². The summed E-state index contributed by atoms with van der Waals surface area (Å²) >= 11 is 1.15. The number of ether oxygens (including phenoxy) is 1. The van der Waals surface area contributed by atoms with Gasteiger partial charge in [-0.25, -0.2) is 0 Å². The van der Waals surface area contributed by atoms with E-state index in [1.54, 1.807) is 24.3 Å². The fourth-order valence-corrected chi connectivity index (χ4v) is 2.46. The normalized spacial score (nSPS) is 13.9. The molecule has 6 heteroatoms. The van der Waals surface area contributed by atoms with Crippen LogP contribution in [0.3, 0.4) is 0 Å². The van der Waals surface area contributed by atoms with E-state index in [0.29, 0.717) is 24.3 Å². The van der Waals surface area contributed by atoms with Crippen LogP contribution in [-0.2, 0) is 4.79 Å². The number of nitrogens with zero attached hydrogens (tertiary/aromatic N) is 1. The lowest BCUT2D eigenvalue weighted by atomic mass is 10.0. The van der Waals surface area contributed by atoms with Crippen LogP contribution in [0.2, 0.25) is 0 Å². The highest BCUT2D eigenvalue weighted by Gasteiger charge is 2.18. The SMILES string of the molecule is CC(=O)SCCC(O)C(O)c1ccc(OCCN(C)C)cc1. The number of thioether (sulfide) groups is 1. The van der Waals surface area contributed by atoms with Crippen LogP contribution in [0.4, 0.5) is 0 Å². The highest BCUT2D eigenvalue weighted by molar-refractivity contribution is 8.13. The highest BCUT2D eigenvalue weighted by atomic mass is 32.2. The molecule has 22 heavy (non-hydrogen) atoms. The molecule has 0 amide bonds. The van der Waals surface area contributed by atoms with Gasteiger partial charge in [0.2, 0.25) is 0 Å². The van der Waals surface area contributed by atoms with Gasteiger partial charge >= 0.3 is 0 Å². The molecule has 0 fully saturated rings. The van der Waals surface area contributed by atoms with Gasteiger partial charge in [-0.2, -0.15) is 0 Å². The first-order valence-corrected chi connectivity index (χ1v) is 8.25. The minimum Gasteiger partial charge on any atom is -0.492 e. The topological polar surface area (TPSA) is 70.0 Å². The van der Waals surface area contributed by atoms with Crippen LogP contribution >= 0.6 is 11.8 Å². The standard InChI is InChI=1S/C16H25NO4S/c1-12(18)22-11-8-15(19)16(20)13-4-6-14(7-5-13)21-10-9-17(2)3/h4-7,15-16,19-20H,8-11H2,1-3H3. The maximum atomic E-state index is 10.8. The molecule has 124 valence electrons. The number of rotatable bonds is 9. The number of aliphatic hydroxyl groups excluding tert-OH is 2. The molecule has 0 radical (unpaired) electrons. The summed E-state index contributed by atoms with van der Waals surface area (Å²) in [4.78, 5) is 12.9. The van der Waals surface area contributed by atoms with Gasteiger partial charge in [0.25, 0.3) is 0 Å². The monoisotopic (exact) mass is 327 g/mol. The molecule has 0 bridgehead atoms. The zero-order valence-electron chi connectivity index (χ0n) is 13.4. The highest BCUT2D eigenvalue weighted by Crippen LogP contribution is 2.23. The van der Waals surface area contributed by atoms with E-state index in [9.17, 15) is 15.0 Å². The third-order valence-electron chi connectivity index (χ3n) is 3.11. The van der Waals surface area contributed by atoms with Gasteiger partial charge in [-0.15, -0.1) is 0 Å². The molecule has 0 aromatic heterocycles. The zero-order chi connectivity index (χ0) is 16.5. The van der Waals surface area contributed by atoms with Crippen LogP contribution in [-0.4, -0.2) is 59.3 Å². The minimum atomic E-state index is -0.955. The average Bonchev–Trinajstić information content (AvgIpc) is 2.46. The van der Waals surface area contributed by atoms with E-state index in [2.05, 4.69) is 0 Å². The Hall–Kier alpha value is -1.08. The molecular formula is C16H25NO4S. The Kier molecular flexibility index (Phi) is 8.48. The lowest BCUT2D eigenvalue weighted by Gasteiger charge is -2.18. The first-order valence-electron chi connectivity index (χ1n) is 7.27. The van der Waals surface area contributed by atoms with Gasteiger partial charge in [-0.05, 0) is 38.2 Å². The third-order valence-corrected chi connectivity index (χ3v) is 3.96. The number of carbonyl (C=O) groups excluding carboxylic acids is 1. The summed E-state index contributed by atoms with van der Waals surface area (Å²) in [6.07, 6.45) is -1.47. The number of carbonyl (C=O) groups is 1. The number of likely N-dealkylation sites (N-methyl/N-ethyl adjacent to an activating group) is 1. The predicted octanol–water partition coefficient (Wildman–Crippen LogP) is 1.69. The summed E-state index contributed by atoms with van der Waals surface area (Å²) in [5.74, 6) is 1.23. The molecule has 0 spiro atoms. The van der Waals surface area contributed by atoms with E-state index in [-0.39, 0.29) is 5.12 Å². The molecule has 0 saturated heterocycles. The number of benzene rings is 1. The minimum absolute atomic E-state index is 0.0147. The van der Waals surface area contributed by atoms with Crippen LogP contribution in [0.25, 0.3) is 0 Å².